The molecule has 2 aliphatic rings. The van der Waals surface area contributed by atoms with Gasteiger partial charge in [0.1, 0.15) is 0 Å². The van der Waals surface area contributed by atoms with Crippen molar-refractivity contribution in [2.45, 2.75) is 44.1 Å². The summed E-state index contributed by atoms with van der Waals surface area (Å²) in [5, 5.41) is 7.91. The van der Waals surface area contributed by atoms with Gasteiger partial charge in [0.25, 0.3) is 0 Å². The number of hydrogen-bond donors (Lipinski definition) is 2. The summed E-state index contributed by atoms with van der Waals surface area (Å²) in [5.74, 6) is 0.907. The predicted molar refractivity (Wildman–Crippen MR) is 135 cm³/mol. The molecule has 0 bridgehead atoms. The summed E-state index contributed by atoms with van der Waals surface area (Å²) in [6.07, 6.45) is 7.49. The third-order valence-electron chi connectivity index (χ3n) is 6.37. The lowest BCUT2D eigenvalue weighted by Crippen LogP contribution is -2.62. The Hall–Kier alpha value is -0.570. The van der Waals surface area contributed by atoms with Crippen molar-refractivity contribution in [3.05, 3.63) is 34.9 Å². The Morgan fingerprint density at radius 2 is 1.69 bits per heavy atom. The van der Waals surface area contributed by atoms with Crippen molar-refractivity contribution in [2.75, 3.05) is 53.4 Å². The molecular formula is C22H37ClIN5. The highest BCUT2D eigenvalue weighted by atomic mass is 127. The van der Waals surface area contributed by atoms with Gasteiger partial charge >= 0.3 is 0 Å². The predicted octanol–water partition coefficient (Wildman–Crippen LogP) is 3.62. The molecule has 164 valence electrons. The molecule has 0 aromatic heterocycles. The van der Waals surface area contributed by atoms with Gasteiger partial charge in [0, 0.05) is 30.7 Å². The molecule has 29 heavy (non-hydrogen) atoms. The number of rotatable bonds is 6. The van der Waals surface area contributed by atoms with Crippen LogP contribution in [-0.2, 0) is 6.42 Å². The first-order chi connectivity index (χ1) is 13.6. The van der Waals surface area contributed by atoms with E-state index in [-0.39, 0.29) is 29.5 Å². The molecule has 7 heteroatoms. The zero-order chi connectivity index (χ0) is 19.8. The minimum absolute atomic E-state index is 0. The van der Waals surface area contributed by atoms with E-state index in [0.717, 1.165) is 30.5 Å². The van der Waals surface area contributed by atoms with Crippen LogP contribution in [0.4, 0.5) is 0 Å². The maximum absolute atomic E-state index is 5.97. The number of nitrogens with one attached hydrogen (secondary N) is 2. The summed E-state index contributed by atoms with van der Waals surface area (Å²) >= 11 is 5.97. The maximum atomic E-state index is 5.97. The summed E-state index contributed by atoms with van der Waals surface area (Å²) in [5.41, 5.74) is 1.55. The van der Waals surface area contributed by atoms with Crippen LogP contribution in [0.5, 0.6) is 0 Å². The highest BCUT2D eigenvalue weighted by Gasteiger charge is 2.39. The topological polar surface area (TPSA) is 42.9 Å². The van der Waals surface area contributed by atoms with Crippen LogP contribution in [0.3, 0.4) is 0 Å². The molecule has 3 rings (SSSR count). The van der Waals surface area contributed by atoms with E-state index < -0.39 is 0 Å². The Balaban J connectivity index is 0.00000300. The fourth-order valence-electron chi connectivity index (χ4n) is 4.45. The fourth-order valence-corrected chi connectivity index (χ4v) is 4.58. The Kier molecular flexibility index (Phi) is 10.5. The van der Waals surface area contributed by atoms with Gasteiger partial charge in [-0.25, -0.2) is 0 Å². The quantitative estimate of drug-likeness (QED) is 0.333. The largest absolute Gasteiger partial charge is 0.356 e. The van der Waals surface area contributed by atoms with Crippen molar-refractivity contribution in [3.63, 3.8) is 0 Å². The van der Waals surface area contributed by atoms with Crippen LogP contribution >= 0.6 is 35.6 Å². The number of aliphatic imine (C=N–C) groups is 1. The number of piperidine rings is 2. The molecule has 1 aromatic carbocycles. The standard InChI is InChI=1S/C22H36ClN5.HI/c1-24-21(25-13-10-19-6-8-20(23)9-7-19)26-18-22(11-16-27(2)17-12-22)28-14-4-3-5-15-28;/h6-9H,3-5,10-18H2,1-2H3,(H2,24,25,26);1H. The third-order valence-corrected chi connectivity index (χ3v) is 6.62. The number of benzene rings is 1. The molecule has 0 saturated carbocycles. The normalized spacial score (nSPS) is 20.7. The van der Waals surface area contributed by atoms with E-state index in [9.17, 15) is 0 Å². The fraction of sp³-hybridized carbons (Fsp3) is 0.682. The van der Waals surface area contributed by atoms with Crippen LogP contribution in [0.2, 0.25) is 5.02 Å². The van der Waals surface area contributed by atoms with Gasteiger partial charge < -0.3 is 15.5 Å². The highest BCUT2D eigenvalue weighted by molar-refractivity contribution is 14.0. The monoisotopic (exact) mass is 533 g/mol. The van der Waals surface area contributed by atoms with Crippen LogP contribution < -0.4 is 10.6 Å². The summed E-state index contributed by atoms with van der Waals surface area (Å²) in [6, 6.07) is 8.08. The first-order valence-electron chi connectivity index (χ1n) is 10.7. The summed E-state index contributed by atoms with van der Waals surface area (Å²) in [7, 11) is 4.10. The zero-order valence-electron chi connectivity index (χ0n) is 17.9. The van der Waals surface area contributed by atoms with E-state index in [1.807, 2.05) is 19.2 Å². The first kappa shape index (κ1) is 24.7. The molecule has 2 saturated heterocycles. The van der Waals surface area contributed by atoms with E-state index in [0.29, 0.717) is 0 Å². The van der Waals surface area contributed by atoms with Crippen molar-refractivity contribution in [1.29, 1.82) is 0 Å². The first-order valence-corrected chi connectivity index (χ1v) is 11.1. The van der Waals surface area contributed by atoms with Crippen molar-refractivity contribution in [3.8, 4) is 0 Å². The molecule has 0 radical (unpaired) electrons. The summed E-state index contributed by atoms with van der Waals surface area (Å²) in [4.78, 5) is 9.67. The van der Waals surface area contributed by atoms with Gasteiger partial charge in [-0.2, -0.15) is 0 Å². The highest BCUT2D eigenvalue weighted by Crippen LogP contribution is 2.30. The Bertz CT molecular complexity index is 623. The number of nitrogens with zero attached hydrogens (tertiary/aromatic N) is 3. The molecule has 5 nitrogen and oxygen atoms in total. The molecule has 1 aromatic rings. The van der Waals surface area contributed by atoms with E-state index >= 15 is 0 Å². The van der Waals surface area contributed by atoms with Gasteiger partial charge in [-0.1, -0.05) is 30.2 Å². The van der Waals surface area contributed by atoms with Gasteiger partial charge in [0.2, 0.25) is 0 Å². The number of guanidine groups is 1. The summed E-state index contributed by atoms with van der Waals surface area (Å²) in [6.45, 7) is 6.69. The van der Waals surface area contributed by atoms with E-state index in [4.69, 9.17) is 11.6 Å². The number of hydrogen-bond acceptors (Lipinski definition) is 3. The lowest BCUT2D eigenvalue weighted by atomic mass is 9.84. The minimum atomic E-state index is 0. The average molecular weight is 534 g/mol. The number of likely N-dealkylation sites (tertiary alicyclic amines) is 2. The van der Waals surface area contributed by atoms with Crippen molar-refractivity contribution in [1.82, 2.24) is 20.4 Å². The van der Waals surface area contributed by atoms with Crippen molar-refractivity contribution in [2.24, 2.45) is 4.99 Å². The molecule has 0 unspecified atom stereocenters. The SMILES string of the molecule is CN=C(NCCc1ccc(Cl)cc1)NCC1(N2CCCCC2)CCN(C)CC1.I. The lowest BCUT2D eigenvalue weighted by Gasteiger charge is -2.50. The molecule has 2 N–H and O–H groups in total. The van der Waals surface area contributed by atoms with Gasteiger partial charge in [0.15, 0.2) is 5.96 Å². The van der Waals surface area contributed by atoms with Gasteiger partial charge in [-0.3, -0.25) is 9.89 Å². The molecule has 2 fully saturated rings. The van der Waals surface area contributed by atoms with Crippen LogP contribution in [0, 0.1) is 0 Å². The maximum Gasteiger partial charge on any atom is 0.191 e. The Labute approximate surface area is 198 Å². The second-order valence-electron chi connectivity index (χ2n) is 8.30. The summed E-state index contributed by atoms with van der Waals surface area (Å²) < 4.78 is 0. The number of halogens is 2. The second-order valence-corrected chi connectivity index (χ2v) is 8.74. The van der Waals surface area contributed by atoms with E-state index in [1.165, 1.54) is 63.8 Å². The lowest BCUT2D eigenvalue weighted by molar-refractivity contribution is 0.0173. The molecule has 0 amide bonds. The van der Waals surface area contributed by atoms with Crippen LogP contribution in [0.15, 0.2) is 29.3 Å². The minimum Gasteiger partial charge on any atom is -0.356 e. The van der Waals surface area contributed by atoms with E-state index in [1.54, 1.807) is 0 Å². The van der Waals surface area contributed by atoms with Gasteiger partial charge in [0.05, 0.1) is 0 Å². The molecule has 0 atom stereocenters. The third kappa shape index (κ3) is 7.26. The Morgan fingerprint density at radius 3 is 2.31 bits per heavy atom. The van der Waals surface area contributed by atoms with Crippen LogP contribution in [0.25, 0.3) is 0 Å². The smallest absolute Gasteiger partial charge is 0.191 e. The van der Waals surface area contributed by atoms with Gasteiger partial charge in [-0.05, 0) is 83.0 Å². The molecule has 2 aliphatic heterocycles. The van der Waals surface area contributed by atoms with E-state index in [2.05, 4.69) is 44.6 Å². The zero-order valence-corrected chi connectivity index (χ0v) is 21.0. The van der Waals surface area contributed by atoms with Crippen molar-refractivity contribution >= 4 is 41.5 Å². The Morgan fingerprint density at radius 1 is 1.03 bits per heavy atom. The molecular weight excluding hydrogens is 497 g/mol. The average Bonchev–Trinajstić information content (AvgIpc) is 2.74. The van der Waals surface area contributed by atoms with Crippen molar-refractivity contribution < 1.29 is 0 Å². The van der Waals surface area contributed by atoms with Crippen LogP contribution in [-0.4, -0.2) is 74.7 Å². The molecule has 2 heterocycles. The molecule has 0 spiro atoms. The van der Waals surface area contributed by atoms with Gasteiger partial charge in [-0.15, -0.1) is 24.0 Å². The van der Waals surface area contributed by atoms with Crippen LogP contribution in [0.1, 0.15) is 37.7 Å². The second kappa shape index (κ2) is 12.3. The molecule has 0 aliphatic carbocycles.